The van der Waals surface area contributed by atoms with Gasteiger partial charge in [0.05, 0.1) is 16.8 Å². The molecule has 0 spiro atoms. The van der Waals surface area contributed by atoms with Gasteiger partial charge in [0.15, 0.2) is 0 Å². The van der Waals surface area contributed by atoms with E-state index in [1.54, 1.807) is 6.07 Å². The van der Waals surface area contributed by atoms with Crippen molar-refractivity contribution in [2.24, 2.45) is 0 Å². The van der Waals surface area contributed by atoms with Crippen LogP contribution in [-0.4, -0.2) is 17.7 Å². The highest BCUT2D eigenvalue weighted by Crippen LogP contribution is 2.29. The Bertz CT molecular complexity index is 414. The summed E-state index contributed by atoms with van der Waals surface area (Å²) in [6.45, 7) is 2.08. The average Bonchev–Trinajstić information content (AvgIpc) is 2.28. The van der Waals surface area contributed by atoms with Crippen molar-refractivity contribution in [3.05, 3.63) is 29.3 Å². The summed E-state index contributed by atoms with van der Waals surface area (Å²) >= 11 is 7.41. The van der Waals surface area contributed by atoms with E-state index in [-0.39, 0.29) is 17.7 Å². The second-order valence-corrected chi connectivity index (χ2v) is 4.90. The van der Waals surface area contributed by atoms with E-state index in [1.165, 1.54) is 11.8 Å². The maximum Gasteiger partial charge on any atom is 0.233 e. The van der Waals surface area contributed by atoms with Crippen molar-refractivity contribution in [1.29, 1.82) is 0 Å². The van der Waals surface area contributed by atoms with Crippen LogP contribution in [0, 0.1) is 12.3 Å². The van der Waals surface area contributed by atoms with Gasteiger partial charge in [0.1, 0.15) is 0 Å². The van der Waals surface area contributed by atoms with Crippen LogP contribution < -0.4 is 5.32 Å². The normalized spacial score (nSPS) is 11.6. The number of hydrogen-bond acceptors (Lipinski definition) is 2. The van der Waals surface area contributed by atoms with Crippen LogP contribution in [-0.2, 0) is 4.79 Å². The Balaban J connectivity index is 2.58. The van der Waals surface area contributed by atoms with E-state index in [0.717, 1.165) is 4.90 Å². The van der Waals surface area contributed by atoms with E-state index in [0.29, 0.717) is 5.02 Å². The van der Waals surface area contributed by atoms with Crippen molar-refractivity contribution in [2.75, 3.05) is 6.54 Å². The second kappa shape index (κ2) is 6.47. The van der Waals surface area contributed by atoms with Gasteiger partial charge in [0.25, 0.3) is 0 Å². The van der Waals surface area contributed by atoms with Crippen molar-refractivity contribution in [1.82, 2.24) is 5.32 Å². The van der Waals surface area contributed by atoms with Gasteiger partial charge in [-0.25, -0.2) is 0 Å². The molecule has 1 unspecified atom stereocenters. The molecule has 4 heteroatoms. The second-order valence-electron chi connectivity index (χ2n) is 3.11. The molecule has 0 aliphatic carbocycles. The number of terminal acetylenes is 1. The molecular weight excluding hydrogens is 242 g/mol. The first-order chi connectivity index (χ1) is 7.65. The van der Waals surface area contributed by atoms with Crippen molar-refractivity contribution in [3.8, 4) is 12.3 Å². The maximum absolute atomic E-state index is 11.5. The minimum Gasteiger partial charge on any atom is -0.344 e. The van der Waals surface area contributed by atoms with Gasteiger partial charge in [-0.15, -0.1) is 18.2 Å². The Hall–Kier alpha value is -1.11. The summed E-state index contributed by atoms with van der Waals surface area (Å²) in [6.07, 6.45) is 5.06. The molecule has 1 N–H and O–H groups in total. The molecule has 0 heterocycles. The summed E-state index contributed by atoms with van der Waals surface area (Å²) in [4.78, 5) is 12.4. The summed E-state index contributed by atoms with van der Waals surface area (Å²) in [5, 5.41) is 3.07. The molecular formula is C12H12ClNOS. The minimum atomic E-state index is -0.215. The number of thioether (sulfide) groups is 1. The van der Waals surface area contributed by atoms with Crippen LogP contribution in [0.5, 0.6) is 0 Å². The minimum absolute atomic E-state index is 0.0807. The highest BCUT2D eigenvalue weighted by molar-refractivity contribution is 8.00. The number of rotatable bonds is 4. The fraction of sp³-hybridized carbons (Fsp3) is 0.250. The molecule has 0 saturated carbocycles. The Labute approximate surface area is 105 Å². The van der Waals surface area contributed by atoms with Crippen LogP contribution in [0.1, 0.15) is 6.92 Å². The van der Waals surface area contributed by atoms with E-state index < -0.39 is 0 Å². The average molecular weight is 254 g/mol. The molecule has 84 valence electrons. The Morgan fingerprint density at radius 3 is 2.94 bits per heavy atom. The van der Waals surface area contributed by atoms with Crippen LogP contribution in [0.2, 0.25) is 5.02 Å². The van der Waals surface area contributed by atoms with Gasteiger partial charge in [-0.2, -0.15) is 0 Å². The van der Waals surface area contributed by atoms with Gasteiger partial charge in [-0.3, -0.25) is 4.79 Å². The summed E-state index contributed by atoms with van der Waals surface area (Å²) in [5.74, 6) is 2.28. The number of hydrogen-bond donors (Lipinski definition) is 1. The van der Waals surface area contributed by atoms with Crippen LogP contribution in [0.15, 0.2) is 29.2 Å². The number of carbonyl (C=O) groups excluding carboxylic acids is 1. The van der Waals surface area contributed by atoms with E-state index in [1.807, 2.05) is 25.1 Å². The third-order valence-corrected chi connectivity index (χ3v) is 3.49. The van der Waals surface area contributed by atoms with Crippen LogP contribution in [0.4, 0.5) is 0 Å². The molecule has 0 fully saturated rings. The van der Waals surface area contributed by atoms with Crippen molar-refractivity contribution < 1.29 is 4.79 Å². The smallest absolute Gasteiger partial charge is 0.233 e. The lowest BCUT2D eigenvalue weighted by Gasteiger charge is -2.11. The Kier molecular flexibility index (Phi) is 5.24. The fourth-order valence-electron chi connectivity index (χ4n) is 1.07. The summed E-state index contributed by atoms with van der Waals surface area (Å²) < 4.78 is 0. The Morgan fingerprint density at radius 1 is 1.62 bits per heavy atom. The van der Waals surface area contributed by atoms with E-state index >= 15 is 0 Å². The van der Waals surface area contributed by atoms with Crippen LogP contribution >= 0.6 is 23.4 Å². The first-order valence-corrected chi connectivity index (χ1v) is 6.03. The molecule has 0 bridgehead atoms. The topological polar surface area (TPSA) is 29.1 Å². The van der Waals surface area contributed by atoms with Gasteiger partial charge in [0.2, 0.25) is 5.91 Å². The molecule has 1 atom stereocenters. The quantitative estimate of drug-likeness (QED) is 0.660. The summed E-state index contributed by atoms with van der Waals surface area (Å²) in [5.41, 5.74) is 0. The fourth-order valence-corrected chi connectivity index (χ4v) is 2.24. The first-order valence-electron chi connectivity index (χ1n) is 4.77. The summed E-state index contributed by atoms with van der Waals surface area (Å²) in [7, 11) is 0. The lowest BCUT2D eigenvalue weighted by molar-refractivity contribution is -0.120. The number of amides is 1. The predicted molar refractivity (Wildman–Crippen MR) is 68.6 cm³/mol. The molecule has 2 nitrogen and oxygen atoms in total. The third kappa shape index (κ3) is 3.80. The van der Waals surface area contributed by atoms with Gasteiger partial charge in [-0.05, 0) is 19.1 Å². The maximum atomic E-state index is 11.5. The molecule has 0 aliphatic heterocycles. The first kappa shape index (κ1) is 13.0. The number of carbonyl (C=O) groups is 1. The van der Waals surface area contributed by atoms with Crippen molar-refractivity contribution in [3.63, 3.8) is 0 Å². The summed E-state index contributed by atoms with van der Waals surface area (Å²) in [6, 6.07) is 7.43. The van der Waals surface area contributed by atoms with E-state index in [2.05, 4.69) is 11.2 Å². The van der Waals surface area contributed by atoms with E-state index in [4.69, 9.17) is 18.0 Å². The molecule has 1 amide bonds. The molecule has 0 radical (unpaired) electrons. The molecule has 1 aromatic rings. The molecule has 16 heavy (non-hydrogen) atoms. The molecule has 1 aromatic carbocycles. The highest BCUT2D eigenvalue weighted by atomic mass is 35.5. The van der Waals surface area contributed by atoms with Crippen molar-refractivity contribution >= 4 is 29.3 Å². The van der Waals surface area contributed by atoms with Gasteiger partial charge >= 0.3 is 0 Å². The lowest BCUT2D eigenvalue weighted by Crippen LogP contribution is -2.31. The third-order valence-electron chi connectivity index (χ3n) is 1.87. The number of halogens is 1. The SMILES string of the molecule is C#CCNC(=O)C(C)Sc1ccccc1Cl. The largest absolute Gasteiger partial charge is 0.344 e. The highest BCUT2D eigenvalue weighted by Gasteiger charge is 2.14. The molecule has 1 rings (SSSR count). The zero-order valence-electron chi connectivity index (χ0n) is 8.87. The number of nitrogens with one attached hydrogen (secondary N) is 1. The van der Waals surface area contributed by atoms with Crippen molar-refractivity contribution in [2.45, 2.75) is 17.1 Å². The van der Waals surface area contributed by atoms with Gasteiger partial charge < -0.3 is 5.32 Å². The molecule has 0 aromatic heterocycles. The molecule has 0 aliphatic rings. The lowest BCUT2D eigenvalue weighted by atomic mass is 10.4. The van der Waals surface area contributed by atoms with Crippen LogP contribution in [0.25, 0.3) is 0 Å². The monoisotopic (exact) mass is 253 g/mol. The predicted octanol–water partition coefficient (Wildman–Crippen LogP) is 2.57. The zero-order valence-corrected chi connectivity index (χ0v) is 10.4. The van der Waals surface area contributed by atoms with E-state index in [9.17, 15) is 4.79 Å². The van der Waals surface area contributed by atoms with Crippen LogP contribution in [0.3, 0.4) is 0 Å². The number of benzene rings is 1. The van der Waals surface area contributed by atoms with Gasteiger partial charge in [0, 0.05) is 4.90 Å². The van der Waals surface area contributed by atoms with Gasteiger partial charge in [-0.1, -0.05) is 29.7 Å². The standard InChI is InChI=1S/C12H12ClNOS/c1-3-8-14-12(15)9(2)16-11-7-5-4-6-10(11)13/h1,4-7,9H,8H2,2H3,(H,14,15). The zero-order chi connectivity index (χ0) is 12.0. The Morgan fingerprint density at radius 2 is 2.31 bits per heavy atom. The molecule has 0 saturated heterocycles.